The Labute approximate surface area is 128 Å². The minimum absolute atomic E-state index is 0.119. The van der Waals surface area contributed by atoms with Gasteiger partial charge in [-0.3, -0.25) is 4.90 Å². The zero-order valence-corrected chi connectivity index (χ0v) is 12.7. The number of aliphatic carboxylic acids is 2. The molecule has 1 rings (SSSR count). The third-order valence-corrected chi connectivity index (χ3v) is 4.53. The van der Waals surface area contributed by atoms with Gasteiger partial charge in [0.15, 0.2) is 11.1 Å². The van der Waals surface area contributed by atoms with Gasteiger partial charge in [-0.25, -0.2) is 14.4 Å². The molecule has 0 aromatic carbocycles. The highest BCUT2D eigenvalue weighted by molar-refractivity contribution is 5.93. The molecule has 0 aromatic rings. The summed E-state index contributed by atoms with van der Waals surface area (Å²) in [5.41, 5.74) is -3.55. The first-order chi connectivity index (χ1) is 10.1. The summed E-state index contributed by atoms with van der Waals surface area (Å²) in [4.78, 5) is 36.1. The van der Waals surface area contributed by atoms with Gasteiger partial charge >= 0.3 is 18.0 Å². The molecular formula is C15H21NO6. The summed E-state index contributed by atoms with van der Waals surface area (Å²) < 4.78 is 0. The van der Waals surface area contributed by atoms with E-state index < -0.39 is 35.0 Å². The van der Waals surface area contributed by atoms with E-state index in [2.05, 4.69) is 13.2 Å². The van der Waals surface area contributed by atoms with Crippen LogP contribution in [0, 0.1) is 5.92 Å². The molecule has 0 bridgehead atoms. The highest BCUT2D eigenvalue weighted by atomic mass is 16.4. The van der Waals surface area contributed by atoms with Crippen molar-refractivity contribution >= 4 is 18.0 Å². The summed E-state index contributed by atoms with van der Waals surface area (Å²) >= 11 is 0. The molecule has 1 amide bonds. The molecule has 22 heavy (non-hydrogen) atoms. The maximum atomic E-state index is 12.0. The Balaban J connectivity index is 3.76. The second-order valence-electron chi connectivity index (χ2n) is 5.69. The zero-order chi connectivity index (χ0) is 17.3. The first-order valence-electron chi connectivity index (χ1n) is 6.90. The maximum absolute atomic E-state index is 12.0. The van der Waals surface area contributed by atoms with E-state index in [4.69, 9.17) is 0 Å². The zero-order valence-electron chi connectivity index (χ0n) is 12.7. The van der Waals surface area contributed by atoms with Crippen LogP contribution in [0.1, 0.15) is 33.1 Å². The van der Waals surface area contributed by atoms with E-state index >= 15 is 0 Å². The fourth-order valence-electron chi connectivity index (χ4n) is 3.22. The van der Waals surface area contributed by atoms with Crippen LogP contribution in [0.4, 0.5) is 4.79 Å². The van der Waals surface area contributed by atoms with Crippen molar-refractivity contribution in [1.82, 2.24) is 4.90 Å². The van der Waals surface area contributed by atoms with Crippen LogP contribution in [-0.4, -0.2) is 49.3 Å². The van der Waals surface area contributed by atoms with Gasteiger partial charge in [-0.15, -0.1) is 6.58 Å². The minimum atomic E-state index is -2.04. The smallest absolute Gasteiger partial charge is 0.409 e. The topological polar surface area (TPSA) is 115 Å². The Bertz CT molecular complexity index is 542. The first-order valence-corrected chi connectivity index (χ1v) is 6.90. The molecule has 0 spiro atoms. The Hall–Kier alpha value is -2.31. The van der Waals surface area contributed by atoms with Crippen LogP contribution in [0.3, 0.4) is 0 Å². The predicted molar refractivity (Wildman–Crippen MR) is 78.6 cm³/mol. The van der Waals surface area contributed by atoms with E-state index in [1.54, 1.807) is 13.8 Å². The number of nitrogens with zero attached hydrogens (tertiary/aromatic N) is 1. The molecule has 7 nitrogen and oxygen atoms in total. The van der Waals surface area contributed by atoms with Crippen LogP contribution in [0.5, 0.6) is 0 Å². The molecule has 1 saturated heterocycles. The number of carboxylic acid groups (broad SMARTS) is 3. The van der Waals surface area contributed by atoms with Gasteiger partial charge in [0.25, 0.3) is 0 Å². The second-order valence-corrected chi connectivity index (χ2v) is 5.69. The molecule has 3 unspecified atom stereocenters. The molecule has 0 saturated carbocycles. The van der Waals surface area contributed by atoms with E-state index in [0.717, 1.165) is 6.08 Å². The summed E-state index contributed by atoms with van der Waals surface area (Å²) in [7, 11) is 0. The van der Waals surface area contributed by atoms with Crippen LogP contribution >= 0.6 is 0 Å². The third-order valence-electron chi connectivity index (χ3n) is 4.53. The van der Waals surface area contributed by atoms with E-state index in [0.29, 0.717) is 16.9 Å². The van der Waals surface area contributed by atoms with Crippen molar-refractivity contribution in [3.8, 4) is 0 Å². The van der Waals surface area contributed by atoms with Gasteiger partial charge in [-0.2, -0.15) is 0 Å². The lowest BCUT2D eigenvalue weighted by Gasteiger charge is -2.53. The number of hydrogen-bond acceptors (Lipinski definition) is 3. The van der Waals surface area contributed by atoms with Crippen molar-refractivity contribution in [1.29, 1.82) is 0 Å². The molecule has 1 fully saturated rings. The number of likely N-dealkylation sites (tertiary alicyclic amines) is 1. The number of carbonyl (C=O) groups is 3. The van der Waals surface area contributed by atoms with Crippen LogP contribution in [-0.2, 0) is 9.59 Å². The summed E-state index contributed by atoms with van der Waals surface area (Å²) in [5.74, 6) is -3.44. The van der Waals surface area contributed by atoms with E-state index in [1.807, 2.05) is 0 Å². The summed E-state index contributed by atoms with van der Waals surface area (Å²) in [6, 6.07) is 0. The molecule has 3 N–H and O–H groups in total. The number of rotatable bonds is 5. The summed E-state index contributed by atoms with van der Waals surface area (Å²) in [5, 5.41) is 28.9. The highest BCUT2D eigenvalue weighted by Crippen LogP contribution is 2.46. The molecule has 3 atom stereocenters. The van der Waals surface area contributed by atoms with Crippen molar-refractivity contribution < 1.29 is 29.7 Å². The van der Waals surface area contributed by atoms with Gasteiger partial charge in [0.1, 0.15) is 0 Å². The monoisotopic (exact) mass is 311 g/mol. The largest absolute Gasteiger partial charge is 0.479 e. The predicted octanol–water partition coefficient (Wildman–Crippen LogP) is 2.20. The highest BCUT2D eigenvalue weighted by Gasteiger charge is 2.63. The average molecular weight is 311 g/mol. The van der Waals surface area contributed by atoms with Gasteiger partial charge < -0.3 is 15.3 Å². The van der Waals surface area contributed by atoms with Gasteiger partial charge in [-0.1, -0.05) is 38.5 Å². The van der Waals surface area contributed by atoms with Crippen molar-refractivity contribution in [2.45, 2.75) is 44.2 Å². The lowest BCUT2D eigenvalue weighted by molar-refractivity contribution is -0.169. The average Bonchev–Trinajstić information content (AvgIpc) is 2.43. The number of piperidine rings is 1. The van der Waals surface area contributed by atoms with E-state index in [-0.39, 0.29) is 12.8 Å². The third kappa shape index (κ3) is 2.26. The van der Waals surface area contributed by atoms with Crippen LogP contribution in [0.2, 0.25) is 0 Å². The van der Waals surface area contributed by atoms with Crippen LogP contribution < -0.4 is 0 Å². The Kier molecular flexibility index (Phi) is 4.70. The molecule has 1 aliphatic heterocycles. The quantitative estimate of drug-likeness (QED) is 0.670. The minimum Gasteiger partial charge on any atom is -0.479 e. The van der Waals surface area contributed by atoms with Gasteiger partial charge in [0.2, 0.25) is 0 Å². The Morgan fingerprint density at radius 2 is 1.82 bits per heavy atom. The number of carboxylic acids is 2. The molecule has 122 valence electrons. The van der Waals surface area contributed by atoms with Gasteiger partial charge in [0.05, 0.1) is 0 Å². The van der Waals surface area contributed by atoms with Gasteiger partial charge in [-0.05, 0) is 5.92 Å². The fraction of sp³-hybridized carbons (Fsp3) is 0.533. The van der Waals surface area contributed by atoms with Crippen LogP contribution in [0.15, 0.2) is 24.8 Å². The Morgan fingerprint density at radius 1 is 1.27 bits per heavy atom. The molecule has 0 radical (unpaired) electrons. The normalized spacial score (nSPS) is 29.7. The SMILES string of the molecule is C=CC1(C(=O)O)CC(=C)CC(C(=O)O)(C(C)CC)N1C(=O)O. The lowest BCUT2D eigenvalue weighted by atomic mass is 9.68. The molecule has 0 aliphatic carbocycles. The summed E-state index contributed by atoms with van der Waals surface area (Å²) in [6.07, 6.45) is -0.558. The first kappa shape index (κ1) is 17.7. The molecule has 0 aromatic heterocycles. The fourth-order valence-corrected chi connectivity index (χ4v) is 3.22. The number of hydrogen-bond donors (Lipinski definition) is 3. The van der Waals surface area contributed by atoms with E-state index in [9.17, 15) is 29.7 Å². The van der Waals surface area contributed by atoms with Crippen LogP contribution in [0.25, 0.3) is 0 Å². The van der Waals surface area contributed by atoms with E-state index in [1.165, 1.54) is 0 Å². The molecular weight excluding hydrogens is 290 g/mol. The lowest BCUT2D eigenvalue weighted by Crippen LogP contribution is -2.72. The second kappa shape index (κ2) is 5.82. The Morgan fingerprint density at radius 3 is 2.14 bits per heavy atom. The van der Waals surface area contributed by atoms with Crippen molar-refractivity contribution in [2.75, 3.05) is 0 Å². The van der Waals surface area contributed by atoms with Gasteiger partial charge in [0, 0.05) is 12.8 Å². The maximum Gasteiger partial charge on any atom is 0.409 e. The van der Waals surface area contributed by atoms with Crippen molar-refractivity contribution in [3.05, 3.63) is 24.8 Å². The molecule has 7 heteroatoms. The number of amides is 1. The molecule has 1 heterocycles. The summed E-state index contributed by atoms with van der Waals surface area (Å²) in [6.45, 7) is 10.5. The standard InChI is InChI=1S/C15H21NO6/c1-5-10(4)15(12(19)20)8-9(3)7-14(6-2,11(17)18)16(15)13(21)22/h6,10H,2-3,5,7-8H2,1,4H3,(H,17,18)(H,19,20)(H,21,22). The molecule has 1 aliphatic rings. The van der Waals surface area contributed by atoms with Crippen molar-refractivity contribution in [3.63, 3.8) is 0 Å². The van der Waals surface area contributed by atoms with Crippen molar-refractivity contribution in [2.24, 2.45) is 5.92 Å².